The van der Waals surface area contributed by atoms with Crippen LogP contribution in [0.25, 0.3) is 44.7 Å². The molecule has 0 bridgehead atoms. The molecule has 340 valence electrons. The normalized spacial score (nSPS) is 19.6. The summed E-state index contributed by atoms with van der Waals surface area (Å²) in [5.74, 6) is 0.639. The van der Waals surface area contributed by atoms with Crippen LogP contribution in [0.2, 0.25) is 0 Å². The van der Waals surface area contributed by atoms with E-state index in [-0.39, 0.29) is 59.1 Å². The Bertz CT molecular complexity index is 2630. The number of rotatable bonds is 10. The van der Waals surface area contributed by atoms with E-state index in [0.717, 1.165) is 11.1 Å². The number of halogens is 1. The van der Waals surface area contributed by atoms with Crippen molar-refractivity contribution in [2.75, 3.05) is 27.3 Å². The maximum atomic E-state index is 16.7. The molecular weight excluding hydrogens is 822 g/mol. The Morgan fingerprint density at radius 2 is 1.25 bits per heavy atom. The minimum absolute atomic E-state index is 0.0996. The molecule has 2 unspecified atom stereocenters. The van der Waals surface area contributed by atoms with E-state index in [1.807, 2.05) is 62.6 Å². The summed E-state index contributed by atoms with van der Waals surface area (Å²) in [4.78, 5) is 72.1. The number of methoxy groups -OCH3 is 2. The van der Waals surface area contributed by atoms with Gasteiger partial charge in [-0.15, -0.1) is 0 Å². The van der Waals surface area contributed by atoms with E-state index in [1.165, 1.54) is 14.2 Å². The maximum Gasteiger partial charge on any atom is 0.407 e. The highest BCUT2D eigenvalue weighted by Gasteiger charge is 2.46. The minimum Gasteiger partial charge on any atom is -0.472 e. The van der Waals surface area contributed by atoms with Gasteiger partial charge in [0.25, 0.3) is 0 Å². The minimum atomic E-state index is -0.772. The number of benzene rings is 2. The molecule has 3 aromatic heterocycles. The van der Waals surface area contributed by atoms with E-state index in [9.17, 15) is 19.2 Å². The fourth-order valence-corrected chi connectivity index (χ4v) is 9.57. The topological polar surface area (TPSA) is 189 Å². The number of amides is 4. The van der Waals surface area contributed by atoms with Crippen LogP contribution in [0.1, 0.15) is 92.0 Å². The van der Waals surface area contributed by atoms with Crippen molar-refractivity contribution >= 4 is 34.9 Å². The molecule has 4 atom stereocenters. The number of hydrogen-bond donors (Lipinski definition) is 4. The van der Waals surface area contributed by atoms with Crippen LogP contribution in [0.5, 0.6) is 5.75 Å². The van der Waals surface area contributed by atoms with Gasteiger partial charge in [-0.1, -0.05) is 67.5 Å². The molecule has 2 aromatic carbocycles. The lowest BCUT2D eigenvalue weighted by Crippen LogP contribution is -2.51. The molecule has 64 heavy (non-hydrogen) atoms. The zero-order chi connectivity index (χ0) is 46.0. The van der Waals surface area contributed by atoms with Crippen molar-refractivity contribution in [3.63, 3.8) is 0 Å². The van der Waals surface area contributed by atoms with E-state index in [1.54, 1.807) is 28.3 Å². The number of fused-ring (bicyclic) bond motifs is 5. The van der Waals surface area contributed by atoms with Crippen LogP contribution in [0.15, 0.2) is 48.8 Å². The standard InChI is InChI=1S/C47H58FN9O7/c1-24(2)37(53-44(60)62-9)42(58)55-21-46(5,6)17-33(55)40-49-19-30(51-40)26-12-14-32-29(15-26)36(48)39-28-13-11-27(16-35(28)64-23-57(32)39)31-20-50-41(52-31)34-18-47(7,8)22-56(34)43(59)38(25(3)4)54-45(61)63-10/h11-16,19-20,24-25,33-34,37-38H,17-18,21-23H2,1-10H3,(H,49,51)(H,50,52)(H,53,60)(H,54,61)/t33-,34?,37?,38-/m0/s1. The quantitative estimate of drug-likeness (QED) is 0.108. The number of nitrogens with zero attached hydrogens (tertiary/aromatic N) is 5. The summed E-state index contributed by atoms with van der Waals surface area (Å²) in [5, 5.41) is 5.84. The molecule has 2 fully saturated rings. The van der Waals surface area contributed by atoms with E-state index < -0.39 is 24.3 Å². The van der Waals surface area contributed by atoms with Gasteiger partial charge in [0.1, 0.15) is 29.5 Å². The third-order valence-electron chi connectivity index (χ3n) is 12.8. The van der Waals surface area contributed by atoms with Gasteiger partial charge < -0.3 is 49.2 Å². The fraction of sp³-hybridized carbons (Fsp3) is 0.489. The highest BCUT2D eigenvalue weighted by Crippen LogP contribution is 2.46. The number of aromatic amines is 2. The Hall–Kier alpha value is -6.39. The summed E-state index contributed by atoms with van der Waals surface area (Å²) in [7, 11) is 2.55. The lowest BCUT2D eigenvalue weighted by Gasteiger charge is -2.30. The van der Waals surface area contributed by atoms with E-state index in [0.29, 0.717) is 76.9 Å². The molecule has 4 amide bonds. The second-order valence-corrected chi connectivity index (χ2v) is 19.6. The molecule has 2 saturated heterocycles. The maximum absolute atomic E-state index is 16.7. The Kier molecular flexibility index (Phi) is 11.5. The highest BCUT2D eigenvalue weighted by atomic mass is 19.1. The molecule has 0 radical (unpaired) electrons. The Labute approximate surface area is 371 Å². The van der Waals surface area contributed by atoms with Crippen LogP contribution < -0.4 is 15.4 Å². The summed E-state index contributed by atoms with van der Waals surface area (Å²) < 4.78 is 34.4. The van der Waals surface area contributed by atoms with Crippen LogP contribution >= 0.6 is 0 Å². The second-order valence-electron chi connectivity index (χ2n) is 19.6. The molecule has 4 N–H and O–H groups in total. The van der Waals surface area contributed by atoms with Gasteiger partial charge in [-0.05, 0) is 59.8 Å². The van der Waals surface area contributed by atoms with Crippen molar-refractivity contribution in [1.82, 2.24) is 44.9 Å². The first-order chi connectivity index (χ1) is 30.3. The third-order valence-corrected chi connectivity index (χ3v) is 12.8. The average molecular weight is 880 g/mol. The van der Waals surface area contributed by atoms with Gasteiger partial charge in [-0.3, -0.25) is 9.59 Å². The lowest BCUT2D eigenvalue weighted by atomic mass is 9.90. The molecule has 3 aliphatic heterocycles. The molecule has 6 heterocycles. The van der Waals surface area contributed by atoms with Crippen LogP contribution in [-0.4, -0.2) is 97.7 Å². The molecule has 0 spiro atoms. The number of imidazole rings is 2. The molecular formula is C47H58FN9O7. The Morgan fingerprint density at radius 3 is 1.73 bits per heavy atom. The summed E-state index contributed by atoms with van der Waals surface area (Å²) in [6.07, 6.45) is 3.44. The summed E-state index contributed by atoms with van der Waals surface area (Å²) in [6.45, 7) is 17.0. The SMILES string of the molecule is COC(=O)NC(C(=O)N1CC(C)(C)C[C@H]1c1ncc(-c2ccc3c(c2)c(F)c2n3COc3cc(-c4cnc(C5CC(C)(C)CN5C(=O)[C@@H](NC(=O)OC)C(C)C)[nH]4)ccc3-2)[nH]1)C(C)C. The first-order valence-electron chi connectivity index (χ1n) is 21.8. The third kappa shape index (κ3) is 8.15. The number of alkyl carbamates (subject to hydrolysis) is 2. The van der Waals surface area contributed by atoms with E-state index >= 15 is 4.39 Å². The van der Waals surface area contributed by atoms with Gasteiger partial charge in [0.15, 0.2) is 12.5 Å². The second kappa shape index (κ2) is 16.6. The van der Waals surface area contributed by atoms with Crippen molar-refractivity contribution in [3.05, 3.63) is 66.3 Å². The lowest BCUT2D eigenvalue weighted by molar-refractivity contribution is -0.136. The number of H-pyrrole nitrogens is 2. The molecule has 17 heteroatoms. The molecule has 5 aromatic rings. The fourth-order valence-electron chi connectivity index (χ4n) is 9.57. The van der Waals surface area contributed by atoms with Crippen molar-refractivity contribution in [1.29, 1.82) is 0 Å². The van der Waals surface area contributed by atoms with E-state index in [2.05, 4.69) is 48.3 Å². The number of aromatic nitrogens is 5. The van der Waals surface area contributed by atoms with Gasteiger partial charge >= 0.3 is 12.2 Å². The van der Waals surface area contributed by atoms with Crippen LogP contribution in [0.4, 0.5) is 14.0 Å². The number of hydrogen-bond acceptors (Lipinski definition) is 9. The molecule has 0 saturated carbocycles. The van der Waals surface area contributed by atoms with Gasteiger partial charge in [0.2, 0.25) is 11.8 Å². The van der Waals surface area contributed by atoms with Crippen LogP contribution in [0, 0.1) is 28.5 Å². The number of carbonyl (C=O) groups is 4. The first-order valence-corrected chi connectivity index (χ1v) is 21.8. The molecule has 8 rings (SSSR count). The smallest absolute Gasteiger partial charge is 0.407 e. The van der Waals surface area contributed by atoms with Crippen molar-refractivity contribution in [3.8, 4) is 39.5 Å². The summed E-state index contributed by atoms with van der Waals surface area (Å²) >= 11 is 0. The van der Waals surface area contributed by atoms with Gasteiger partial charge in [0, 0.05) is 35.2 Å². The predicted molar refractivity (Wildman–Crippen MR) is 237 cm³/mol. The van der Waals surface area contributed by atoms with Crippen molar-refractivity contribution in [2.45, 2.75) is 99.1 Å². The van der Waals surface area contributed by atoms with Gasteiger partial charge in [0.05, 0.1) is 61.3 Å². The monoisotopic (exact) mass is 879 g/mol. The Balaban J connectivity index is 1.04. The molecule has 16 nitrogen and oxygen atoms in total. The number of nitrogens with one attached hydrogen (secondary N) is 4. The highest BCUT2D eigenvalue weighted by molar-refractivity contribution is 5.93. The van der Waals surface area contributed by atoms with Crippen LogP contribution in [0.3, 0.4) is 0 Å². The van der Waals surface area contributed by atoms with Crippen LogP contribution in [-0.2, 0) is 25.8 Å². The molecule has 3 aliphatic rings. The zero-order valence-electron chi connectivity index (χ0n) is 38.1. The van der Waals surface area contributed by atoms with Gasteiger partial charge in [-0.2, -0.15) is 0 Å². The Morgan fingerprint density at radius 1 is 0.766 bits per heavy atom. The average Bonchev–Trinajstić information content (AvgIpc) is 4.10. The van der Waals surface area contributed by atoms with E-state index in [4.69, 9.17) is 24.2 Å². The van der Waals surface area contributed by atoms with Crippen molar-refractivity contribution in [2.24, 2.45) is 22.7 Å². The van der Waals surface area contributed by atoms with Crippen molar-refractivity contribution < 1.29 is 37.8 Å². The van der Waals surface area contributed by atoms with Gasteiger partial charge in [-0.25, -0.2) is 23.9 Å². The number of carbonyl (C=O) groups excluding carboxylic acids is 4. The largest absolute Gasteiger partial charge is 0.472 e. The predicted octanol–water partition coefficient (Wildman–Crippen LogP) is 7.94. The number of ether oxygens (including phenoxy) is 3. The summed E-state index contributed by atoms with van der Waals surface area (Å²) in [5.41, 5.74) is 4.22. The summed E-state index contributed by atoms with van der Waals surface area (Å²) in [6, 6.07) is 8.96. The zero-order valence-corrected chi connectivity index (χ0v) is 38.1. The first kappa shape index (κ1) is 44.2. The number of likely N-dealkylation sites (tertiary alicyclic amines) is 2. The molecule has 0 aliphatic carbocycles.